The Morgan fingerprint density at radius 2 is 1.88 bits per heavy atom. The van der Waals surface area contributed by atoms with Crippen molar-refractivity contribution < 1.29 is 14.6 Å². The Morgan fingerprint density at radius 3 is 2.52 bits per heavy atom. The first-order valence-electron chi connectivity index (χ1n) is 7.78. The van der Waals surface area contributed by atoms with Gasteiger partial charge in [0.1, 0.15) is 16.3 Å². The molecule has 0 spiro atoms. The normalized spacial score (nSPS) is 11.2. The van der Waals surface area contributed by atoms with Crippen LogP contribution in [0.25, 0.3) is 10.2 Å². The third-order valence-corrected chi connectivity index (χ3v) is 5.86. The van der Waals surface area contributed by atoms with Crippen molar-refractivity contribution >= 4 is 50.7 Å². The number of carboxylic acid groups (broad SMARTS) is 1. The van der Waals surface area contributed by atoms with Crippen molar-refractivity contribution in [2.75, 3.05) is 6.61 Å². The lowest BCUT2D eigenvalue weighted by atomic mass is 10.1. The lowest BCUT2D eigenvalue weighted by molar-refractivity contribution is 0.0685. The van der Waals surface area contributed by atoms with Crippen LogP contribution in [0.5, 0.6) is 5.75 Å². The third kappa shape index (κ3) is 3.78. The summed E-state index contributed by atoms with van der Waals surface area (Å²) in [6.45, 7) is 4.92. The highest BCUT2D eigenvalue weighted by Crippen LogP contribution is 2.32. The molecule has 4 nitrogen and oxygen atoms in total. The molecule has 0 radical (unpaired) electrons. The molecule has 1 N–H and O–H groups in total. The summed E-state index contributed by atoms with van der Waals surface area (Å²) in [6, 6.07) is 7.27. The average molecular weight is 398 g/mol. The van der Waals surface area contributed by atoms with Gasteiger partial charge >= 0.3 is 5.97 Å². The van der Waals surface area contributed by atoms with E-state index in [1.807, 2.05) is 26.0 Å². The SMILES string of the molecule is Cc1cc(OCCCn2c(C(=O)O)cc3cc(Cl)sc32)cc(C)c1Cl. The fourth-order valence-electron chi connectivity index (χ4n) is 2.82. The lowest BCUT2D eigenvalue weighted by Gasteiger charge is -2.11. The smallest absolute Gasteiger partial charge is 0.352 e. The van der Waals surface area contributed by atoms with E-state index in [4.69, 9.17) is 27.9 Å². The Labute approximate surface area is 159 Å². The highest BCUT2D eigenvalue weighted by Gasteiger charge is 2.16. The minimum atomic E-state index is -0.940. The van der Waals surface area contributed by atoms with Crippen LogP contribution in [0.4, 0.5) is 0 Å². The molecule has 1 aromatic carbocycles. The van der Waals surface area contributed by atoms with Gasteiger partial charge in [0.25, 0.3) is 0 Å². The van der Waals surface area contributed by atoms with Gasteiger partial charge in [0, 0.05) is 17.0 Å². The molecule has 2 heterocycles. The zero-order valence-electron chi connectivity index (χ0n) is 13.8. The molecule has 0 fully saturated rings. The highest BCUT2D eigenvalue weighted by molar-refractivity contribution is 7.22. The lowest BCUT2D eigenvalue weighted by Crippen LogP contribution is -2.10. The zero-order valence-corrected chi connectivity index (χ0v) is 16.1. The van der Waals surface area contributed by atoms with Crippen molar-refractivity contribution in [1.29, 1.82) is 0 Å². The largest absolute Gasteiger partial charge is 0.494 e. The maximum atomic E-state index is 11.4. The van der Waals surface area contributed by atoms with Crippen LogP contribution in [-0.4, -0.2) is 22.2 Å². The first kappa shape index (κ1) is 18.1. The number of benzene rings is 1. The number of hydrogen-bond acceptors (Lipinski definition) is 3. The van der Waals surface area contributed by atoms with Crippen LogP contribution < -0.4 is 4.74 Å². The molecule has 7 heteroatoms. The molecule has 25 heavy (non-hydrogen) atoms. The maximum Gasteiger partial charge on any atom is 0.352 e. The Balaban J connectivity index is 1.69. The second-order valence-corrected chi connectivity index (χ2v) is 7.91. The van der Waals surface area contributed by atoms with Crippen LogP contribution in [0.2, 0.25) is 9.36 Å². The molecule has 0 unspecified atom stereocenters. The van der Waals surface area contributed by atoms with Crippen LogP contribution in [0.15, 0.2) is 24.3 Å². The van der Waals surface area contributed by atoms with E-state index in [1.54, 1.807) is 16.7 Å². The third-order valence-electron chi connectivity index (χ3n) is 3.96. The first-order chi connectivity index (χ1) is 11.9. The molecule has 0 saturated heterocycles. The van der Waals surface area contributed by atoms with E-state index in [0.717, 1.165) is 32.1 Å². The molecular formula is C18H17Cl2NO3S. The summed E-state index contributed by atoms with van der Waals surface area (Å²) in [5.41, 5.74) is 2.23. The Morgan fingerprint density at radius 1 is 1.20 bits per heavy atom. The molecular weight excluding hydrogens is 381 g/mol. The summed E-state index contributed by atoms with van der Waals surface area (Å²) in [6.07, 6.45) is 0.681. The fourth-order valence-corrected chi connectivity index (χ4v) is 4.17. The average Bonchev–Trinajstić information content (AvgIpc) is 3.05. The van der Waals surface area contributed by atoms with Gasteiger partial charge in [0.15, 0.2) is 0 Å². The predicted octanol–water partition coefficient (Wildman–Crippen LogP) is 5.79. The van der Waals surface area contributed by atoms with E-state index in [0.29, 0.717) is 23.9 Å². The van der Waals surface area contributed by atoms with Gasteiger partial charge < -0.3 is 14.4 Å². The van der Waals surface area contributed by atoms with E-state index in [2.05, 4.69) is 0 Å². The van der Waals surface area contributed by atoms with Gasteiger partial charge in [-0.05, 0) is 55.7 Å². The summed E-state index contributed by atoms with van der Waals surface area (Å²) in [5, 5.41) is 11.0. The maximum absolute atomic E-state index is 11.4. The topological polar surface area (TPSA) is 51.5 Å². The van der Waals surface area contributed by atoms with Crippen molar-refractivity contribution in [3.63, 3.8) is 0 Å². The van der Waals surface area contributed by atoms with Crippen LogP contribution in [0, 0.1) is 13.8 Å². The molecule has 0 atom stereocenters. The number of ether oxygens (including phenoxy) is 1. The summed E-state index contributed by atoms with van der Waals surface area (Å²) < 4.78 is 8.24. The van der Waals surface area contributed by atoms with E-state index >= 15 is 0 Å². The molecule has 3 rings (SSSR count). The second kappa shape index (κ2) is 7.28. The number of carbonyl (C=O) groups is 1. The van der Waals surface area contributed by atoms with Crippen LogP contribution in [0.3, 0.4) is 0 Å². The molecule has 0 aliphatic rings. The molecule has 0 bridgehead atoms. The predicted molar refractivity (Wildman–Crippen MR) is 103 cm³/mol. The van der Waals surface area contributed by atoms with Crippen molar-refractivity contribution in [3.05, 3.63) is 50.4 Å². The minimum Gasteiger partial charge on any atom is -0.494 e. The molecule has 0 amide bonds. The van der Waals surface area contributed by atoms with Gasteiger partial charge in [-0.15, -0.1) is 11.3 Å². The molecule has 2 aromatic heterocycles. The first-order valence-corrected chi connectivity index (χ1v) is 9.35. The van der Waals surface area contributed by atoms with Gasteiger partial charge in [-0.25, -0.2) is 4.79 Å². The van der Waals surface area contributed by atoms with Gasteiger partial charge in [-0.3, -0.25) is 0 Å². The summed E-state index contributed by atoms with van der Waals surface area (Å²) >= 11 is 13.6. The monoisotopic (exact) mass is 397 g/mol. The van der Waals surface area contributed by atoms with Crippen molar-refractivity contribution in [2.24, 2.45) is 0 Å². The van der Waals surface area contributed by atoms with E-state index in [1.165, 1.54) is 11.3 Å². The number of fused-ring (bicyclic) bond motifs is 1. The van der Waals surface area contributed by atoms with Crippen molar-refractivity contribution in [1.82, 2.24) is 4.57 Å². The van der Waals surface area contributed by atoms with Crippen molar-refractivity contribution in [2.45, 2.75) is 26.8 Å². The Bertz CT molecular complexity index is 922. The number of aromatic carboxylic acids is 1. The molecule has 0 saturated carbocycles. The molecule has 0 aliphatic carbocycles. The van der Waals surface area contributed by atoms with Gasteiger partial charge in [0.2, 0.25) is 0 Å². The minimum absolute atomic E-state index is 0.274. The second-order valence-electron chi connectivity index (χ2n) is 5.87. The van der Waals surface area contributed by atoms with Gasteiger partial charge in [0.05, 0.1) is 10.9 Å². The van der Waals surface area contributed by atoms with Gasteiger partial charge in [-0.2, -0.15) is 0 Å². The van der Waals surface area contributed by atoms with Crippen LogP contribution in [-0.2, 0) is 6.54 Å². The van der Waals surface area contributed by atoms with Crippen molar-refractivity contribution in [3.8, 4) is 5.75 Å². The molecule has 3 aromatic rings. The standard InChI is InChI=1S/C18H17Cl2NO3S/c1-10-6-13(7-11(2)16(10)20)24-5-3-4-21-14(18(22)23)8-12-9-15(19)25-17(12)21/h6-9H,3-5H2,1-2H3,(H,22,23). The summed E-state index contributed by atoms with van der Waals surface area (Å²) in [4.78, 5) is 12.3. The van der Waals surface area contributed by atoms with Crippen LogP contribution >= 0.6 is 34.5 Å². The Kier molecular flexibility index (Phi) is 5.27. The number of halogens is 2. The number of carboxylic acids is 1. The highest BCUT2D eigenvalue weighted by atomic mass is 35.5. The van der Waals surface area contributed by atoms with E-state index < -0.39 is 5.97 Å². The van der Waals surface area contributed by atoms with Crippen LogP contribution in [0.1, 0.15) is 28.0 Å². The van der Waals surface area contributed by atoms with E-state index in [-0.39, 0.29) is 5.69 Å². The zero-order chi connectivity index (χ0) is 18.1. The number of rotatable bonds is 6. The fraction of sp³-hybridized carbons (Fsp3) is 0.278. The quantitative estimate of drug-likeness (QED) is 0.535. The van der Waals surface area contributed by atoms with E-state index in [9.17, 15) is 9.90 Å². The number of aromatic nitrogens is 1. The van der Waals surface area contributed by atoms with Gasteiger partial charge in [-0.1, -0.05) is 23.2 Å². The summed E-state index contributed by atoms with van der Waals surface area (Å²) in [7, 11) is 0. The molecule has 0 aliphatic heterocycles. The number of aryl methyl sites for hydroxylation is 3. The number of hydrogen-bond donors (Lipinski definition) is 1. The number of thiophene rings is 1. The number of nitrogens with zero attached hydrogens (tertiary/aromatic N) is 1. The summed E-state index contributed by atoms with van der Waals surface area (Å²) in [5.74, 6) is -0.168. The Hall–Kier alpha value is -1.69. The molecule has 132 valence electrons.